The number of rotatable bonds is 7. The van der Waals surface area contributed by atoms with Crippen LogP contribution in [-0.4, -0.2) is 31.0 Å². The van der Waals surface area contributed by atoms with Crippen LogP contribution in [0.5, 0.6) is 5.75 Å². The molecular formula is C16H19N3O2. The number of pyridine rings is 1. The molecule has 0 aliphatic rings. The number of hydrogen-bond donors (Lipinski definition) is 2. The molecule has 0 aliphatic heterocycles. The summed E-state index contributed by atoms with van der Waals surface area (Å²) in [6, 6.07) is 11.0. The number of amides is 1. The summed E-state index contributed by atoms with van der Waals surface area (Å²) in [7, 11) is 1.85. The Morgan fingerprint density at radius 3 is 2.90 bits per heavy atom. The van der Waals surface area contributed by atoms with E-state index in [1.165, 1.54) is 0 Å². The van der Waals surface area contributed by atoms with Gasteiger partial charge < -0.3 is 15.4 Å². The molecular weight excluding hydrogens is 266 g/mol. The quantitative estimate of drug-likeness (QED) is 0.759. The molecule has 0 atom stereocenters. The molecule has 1 heterocycles. The van der Waals surface area contributed by atoms with Gasteiger partial charge in [0.1, 0.15) is 12.4 Å². The first kappa shape index (κ1) is 15.0. The Morgan fingerprint density at radius 2 is 2.14 bits per heavy atom. The summed E-state index contributed by atoms with van der Waals surface area (Å²) in [5.74, 6) is 0.567. The topological polar surface area (TPSA) is 63.2 Å². The summed E-state index contributed by atoms with van der Waals surface area (Å²) in [5, 5.41) is 5.81. The van der Waals surface area contributed by atoms with E-state index in [2.05, 4.69) is 15.6 Å². The first-order valence-electron chi connectivity index (χ1n) is 6.84. The summed E-state index contributed by atoms with van der Waals surface area (Å²) in [6.45, 7) is 1.76. The van der Waals surface area contributed by atoms with Crippen molar-refractivity contribution in [1.29, 1.82) is 0 Å². The van der Waals surface area contributed by atoms with Gasteiger partial charge in [0.2, 0.25) is 0 Å². The van der Waals surface area contributed by atoms with Gasteiger partial charge in [-0.25, -0.2) is 0 Å². The minimum atomic E-state index is -0.0999. The molecule has 0 unspecified atom stereocenters. The molecule has 21 heavy (non-hydrogen) atoms. The number of hydrogen-bond acceptors (Lipinski definition) is 4. The molecule has 5 nitrogen and oxygen atoms in total. The molecule has 5 heteroatoms. The van der Waals surface area contributed by atoms with Crippen molar-refractivity contribution >= 4 is 5.91 Å². The van der Waals surface area contributed by atoms with Crippen molar-refractivity contribution in [3.8, 4) is 5.75 Å². The third-order valence-electron chi connectivity index (χ3n) is 2.89. The first-order valence-corrected chi connectivity index (χ1v) is 6.84. The zero-order valence-electron chi connectivity index (χ0n) is 12.0. The van der Waals surface area contributed by atoms with Crippen molar-refractivity contribution in [3.05, 3.63) is 59.9 Å². The highest BCUT2D eigenvalue weighted by Crippen LogP contribution is 2.15. The van der Waals surface area contributed by atoms with Gasteiger partial charge in [-0.05, 0) is 31.3 Å². The average Bonchev–Trinajstić information content (AvgIpc) is 2.54. The Morgan fingerprint density at radius 1 is 1.24 bits per heavy atom. The summed E-state index contributed by atoms with van der Waals surface area (Å²) in [6.07, 6.45) is 3.48. The standard InChI is InChI=1S/C16H19N3O2/c1-17-8-9-19-16(20)14-5-2-6-15(10-14)21-12-13-4-3-7-18-11-13/h2-7,10-11,17H,8-9,12H2,1H3,(H,19,20). The van der Waals surface area contributed by atoms with Crippen LogP contribution in [0.25, 0.3) is 0 Å². The Kier molecular flexibility index (Phi) is 5.72. The molecule has 1 aromatic carbocycles. The Hall–Kier alpha value is -2.40. The lowest BCUT2D eigenvalue weighted by Gasteiger charge is -2.08. The largest absolute Gasteiger partial charge is 0.489 e. The van der Waals surface area contributed by atoms with Gasteiger partial charge in [0.15, 0.2) is 0 Å². The molecule has 0 saturated heterocycles. The van der Waals surface area contributed by atoms with E-state index in [4.69, 9.17) is 4.74 Å². The molecule has 1 amide bonds. The zero-order valence-corrected chi connectivity index (χ0v) is 12.0. The van der Waals surface area contributed by atoms with Crippen molar-refractivity contribution in [2.24, 2.45) is 0 Å². The molecule has 2 rings (SSSR count). The summed E-state index contributed by atoms with van der Waals surface area (Å²) >= 11 is 0. The number of nitrogens with zero attached hydrogens (tertiary/aromatic N) is 1. The number of carbonyl (C=O) groups is 1. The van der Waals surface area contributed by atoms with Gasteiger partial charge in [-0.15, -0.1) is 0 Å². The predicted molar refractivity (Wildman–Crippen MR) is 81.3 cm³/mol. The average molecular weight is 285 g/mol. The third-order valence-corrected chi connectivity index (χ3v) is 2.89. The van der Waals surface area contributed by atoms with E-state index in [-0.39, 0.29) is 5.91 Å². The van der Waals surface area contributed by atoms with E-state index in [0.29, 0.717) is 24.5 Å². The molecule has 0 saturated carbocycles. The fourth-order valence-electron chi connectivity index (χ4n) is 1.78. The number of benzene rings is 1. The highest BCUT2D eigenvalue weighted by Gasteiger charge is 2.06. The molecule has 1 aromatic heterocycles. The van der Waals surface area contributed by atoms with Gasteiger partial charge in [-0.1, -0.05) is 12.1 Å². The second-order valence-corrected chi connectivity index (χ2v) is 4.54. The van der Waals surface area contributed by atoms with Crippen LogP contribution in [0.1, 0.15) is 15.9 Å². The highest BCUT2D eigenvalue weighted by molar-refractivity contribution is 5.94. The summed E-state index contributed by atoms with van der Waals surface area (Å²) < 4.78 is 5.68. The minimum absolute atomic E-state index is 0.0999. The van der Waals surface area contributed by atoms with Crippen LogP contribution >= 0.6 is 0 Å². The fourth-order valence-corrected chi connectivity index (χ4v) is 1.78. The maximum absolute atomic E-state index is 11.9. The third kappa shape index (κ3) is 4.89. The van der Waals surface area contributed by atoms with Crippen LogP contribution in [0.15, 0.2) is 48.8 Å². The maximum atomic E-state index is 11.9. The van der Waals surface area contributed by atoms with Crippen molar-refractivity contribution in [2.75, 3.05) is 20.1 Å². The van der Waals surface area contributed by atoms with Gasteiger partial charge in [0, 0.05) is 36.6 Å². The van der Waals surface area contributed by atoms with Crippen LogP contribution < -0.4 is 15.4 Å². The molecule has 110 valence electrons. The zero-order chi connectivity index (χ0) is 14.9. The number of ether oxygens (including phenoxy) is 1. The van der Waals surface area contributed by atoms with E-state index in [1.807, 2.05) is 31.3 Å². The highest BCUT2D eigenvalue weighted by atomic mass is 16.5. The van der Waals surface area contributed by atoms with Gasteiger partial charge in [0.05, 0.1) is 0 Å². The van der Waals surface area contributed by atoms with E-state index in [1.54, 1.807) is 24.5 Å². The lowest BCUT2D eigenvalue weighted by molar-refractivity contribution is 0.0953. The predicted octanol–water partition coefficient (Wildman–Crippen LogP) is 1.61. The molecule has 0 radical (unpaired) electrons. The van der Waals surface area contributed by atoms with Crippen LogP contribution in [0.3, 0.4) is 0 Å². The van der Waals surface area contributed by atoms with Crippen LogP contribution in [0.4, 0.5) is 0 Å². The van der Waals surface area contributed by atoms with Crippen LogP contribution in [0, 0.1) is 0 Å². The molecule has 0 aliphatic carbocycles. The number of aromatic nitrogens is 1. The van der Waals surface area contributed by atoms with E-state index in [0.717, 1.165) is 12.1 Å². The lowest BCUT2D eigenvalue weighted by atomic mass is 10.2. The Bertz CT molecular complexity index is 573. The lowest BCUT2D eigenvalue weighted by Crippen LogP contribution is -2.30. The van der Waals surface area contributed by atoms with E-state index in [9.17, 15) is 4.79 Å². The number of likely N-dealkylation sites (N-methyl/N-ethyl adjacent to an activating group) is 1. The van der Waals surface area contributed by atoms with Crippen molar-refractivity contribution in [3.63, 3.8) is 0 Å². The molecule has 2 N–H and O–H groups in total. The van der Waals surface area contributed by atoms with Gasteiger partial charge in [-0.3, -0.25) is 9.78 Å². The molecule has 2 aromatic rings. The first-order chi connectivity index (χ1) is 10.3. The SMILES string of the molecule is CNCCNC(=O)c1cccc(OCc2cccnc2)c1. The maximum Gasteiger partial charge on any atom is 0.251 e. The van der Waals surface area contributed by atoms with Gasteiger partial charge >= 0.3 is 0 Å². The van der Waals surface area contributed by atoms with Crippen LogP contribution in [-0.2, 0) is 6.61 Å². The number of nitrogens with one attached hydrogen (secondary N) is 2. The van der Waals surface area contributed by atoms with E-state index >= 15 is 0 Å². The van der Waals surface area contributed by atoms with Crippen molar-refractivity contribution in [2.45, 2.75) is 6.61 Å². The Balaban J connectivity index is 1.92. The van der Waals surface area contributed by atoms with Gasteiger partial charge in [0.25, 0.3) is 5.91 Å². The van der Waals surface area contributed by atoms with Crippen molar-refractivity contribution in [1.82, 2.24) is 15.6 Å². The normalized spacial score (nSPS) is 10.1. The number of carbonyl (C=O) groups excluding carboxylic acids is 1. The molecule has 0 bridgehead atoms. The second-order valence-electron chi connectivity index (χ2n) is 4.54. The summed E-state index contributed by atoms with van der Waals surface area (Å²) in [4.78, 5) is 16.0. The smallest absolute Gasteiger partial charge is 0.251 e. The Labute approximate surface area is 124 Å². The second kappa shape index (κ2) is 8.01. The fraction of sp³-hybridized carbons (Fsp3) is 0.250. The minimum Gasteiger partial charge on any atom is -0.489 e. The molecule has 0 fully saturated rings. The van der Waals surface area contributed by atoms with Crippen molar-refractivity contribution < 1.29 is 9.53 Å². The summed E-state index contributed by atoms with van der Waals surface area (Å²) in [5.41, 5.74) is 1.58. The monoisotopic (exact) mass is 285 g/mol. The van der Waals surface area contributed by atoms with Gasteiger partial charge in [-0.2, -0.15) is 0 Å². The van der Waals surface area contributed by atoms with E-state index < -0.39 is 0 Å². The van der Waals surface area contributed by atoms with Crippen LogP contribution in [0.2, 0.25) is 0 Å². The molecule has 0 spiro atoms.